The molecule has 2 saturated heterocycles. The van der Waals surface area contributed by atoms with Gasteiger partial charge in [-0.2, -0.15) is 0 Å². The Bertz CT molecular complexity index is 1020. The minimum absolute atomic E-state index is 0.271. The molecule has 2 heterocycles. The summed E-state index contributed by atoms with van der Waals surface area (Å²) in [6, 6.07) is 0.278. The van der Waals surface area contributed by atoms with Gasteiger partial charge in [0.2, 0.25) is 5.91 Å². The second kappa shape index (κ2) is 11.0. The first-order valence-electron chi connectivity index (χ1n) is 10.9. The molecule has 4 amide bonds. The smallest absolute Gasteiger partial charge is 0.331 e. The van der Waals surface area contributed by atoms with Crippen molar-refractivity contribution < 1.29 is 37.2 Å². The van der Waals surface area contributed by atoms with Crippen molar-refractivity contribution in [2.24, 2.45) is 5.92 Å². The van der Waals surface area contributed by atoms with Gasteiger partial charge in [0.1, 0.15) is 16.6 Å². The SMILES string of the molecule is CC(C)(C)[S@@+]([O-])NC(c1ccc(Br)cc1F)C(F)C(=O)C1C(=O)NC(=O)N(C2CCOCC2)C1=O. The molecule has 2 aliphatic heterocycles. The van der Waals surface area contributed by atoms with Gasteiger partial charge in [-0.1, -0.05) is 22.0 Å². The summed E-state index contributed by atoms with van der Waals surface area (Å²) in [4.78, 5) is 51.9. The summed E-state index contributed by atoms with van der Waals surface area (Å²) in [7, 11) is 0. The van der Waals surface area contributed by atoms with Crippen molar-refractivity contribution in [2.45, 2.75) is 56.6 Å². The first-order valence-corrected chi connectivity index (χ1v) is 12.8. The molecule has 2 N–H and O–H groups in total. The van der Waals surface area contributed by atoms with Crippen LogP contribution in [0, 0.1) is 11.7 Å². The van der Waals surface area contributed by atoms with Crippen LogP contribution in [0.25, 0.3) is 0 Å². The van der Waals surface area contributed by atoms with Crippen LogP contribution in [-0.2, 0) is 30.5 Å². The third kappa shape index (κ3) is 6.08. The standard InChI is InChI=1S/C22H26BrF2N3O6S/c1-22(2,3)35(33)27-17(13-5-4-11(23)10-14(13)24)16(25)18(29)15-19(30)26-21(32)28(20(15)31)12-6-8-34-9-7-12/h4-5,10,12,15-17,27H,6-9H2,1-3H3,(H,26,30,32)/t15?,16?,17?,35-/m1/s1. The van der Waals surface area contributed by atoms with Gasteiger partial charge >= 0.3 is 6.03 Å². The van der Waals surface area contributed by atoms with Gasteiger partial charge in [-0.05, 0) is 45.7 Å². The van der Waals surface area contributed by atoms with Crippen LogP contribution in [-0.4, -0.2) is 63.3 Å². The summed E-state index contributed by atoms with van der Waals surface area (Å²) in [6.07, 6.45) is -2.04. The van der Waals surface area contributed by atoms with Gasteiger partial charge in [-0.25, -0.2) is 13.6 Å². The lowest BCUT2D eigenvalue weighted by Crippen LogP contribution is -2.64. The van der Waals surface area contributed by atoms with Crippen molar-refractivity contribution in [3.8, 4) is 0 Å². The van der Waals surface area contributed by atoms with Gasteiger partial charge in [0, 0.05) is 40.7 Å². The topological polar surface area (TPSA) is 128 Å². The number of halogens is 3. The molecule has 1 aromatic rings. The Morgan fingerprint density at radius 2 is 1.91 bits per heavy atom. The van der Waals surface area contributed by atoms with Gasteiger partial charge in [-0.3, -0.25) is 24.6 Å². The maximum absolute atomic E-state index is 15.8. The fourth-order valence-electron chi connectivity index (χ4n) is 3.78. The van der Waals surface area contributed by atoms with Gasteiger partial charge in [0.05, 0.1) is 0 Å². The molecule has 192 valence electrons. The number of amides is 4. The summed E-state index contributed by atoms with van der Waals surface area (Å²) in [5.74, 6) is -6.93. The van der Waals surface area contributed by atoms with Gasteiger partial charge < -0.3 is 9.29 Å². The van der Waals surface area contributed by atoms with Crippen LogP contribution in [0.3, 0.4) is 0 Å². The fraction of sp³-hybridized carbons (Fsp3) is 0.545. The molecule has 35 heavy (non-hydrogen) atoms. The van der Waals surface area contributed by atoms with Crippen LogP contribution in [0.2, 0.25) is 0 Å². The number of carbonyl (C=O) groups is 4. The molecule has 2 aliphatic rings. The Kier molecular flexibility index (Phi) is 8.69. The van der Waals surface area contributed by atoms with E-state index in [-0.39, 0.29) is 18.8 Å². The van der Waals surface area contributed by atoms with E-state index in [9.17, 15) is 28.1 Å². The number of alkyl halides is 1. The van der Waals surface area contributed by atoms with Crippen molar-refractivity contribution >= 4 is 50.9 Å². The zero-order chi connectivity index (χ0) is 26.1. The molecular weight excluding hydrogens is 552 g/mol. The molecule has 0 aromatic heterocycles. The Balaban J connectivity index is 1.94. The number of rotatable bonds is 7. The largest absolute Gasteiger partial charge is 0.598 e. The van der Waals surface area contributed by atoms with Gasteiger partial charge in [0.15, 0.2) is 17.9 Å². The fourth-order valence-corrected chi connectivity index (χ4v) is 4.94. The third-order valence-electron chi connectivity index (χ3n) is 5.69. The van der Waals surface area contributed by atoms with Gasteiger partial charge in [0.25, 0.3) is 5.91 Å². The number of ketones is 1. The van der Waals surface area contributed by atoms with Crippen LogP contribution in [0.4, 0.5) is 13.6 Å². The first kappa shape index (κ1) is 27.7. The highest BCUT2D eigenvalue weighted by Gasteiger charge is 2.51. The summed E-state index contributed by atoms with van der Waals surface area (Å²) in [5.41, 5.74) is -0.312. The highest BCUT2D eigenvalue weighted by atomic mass is 79.9. The summed E-state index contributed by atoms with van der Waals surface area (Å²) >= 11 is 1.16. The zero-order valence-electron chi connectivity index (χ0n) is 19.3. The zero-order valence-corrected chi connectivity index (χ0v) is 21.7. The van der Waals surface area contributed by atoms with E-state index < -0.39 is 69.7 Å². The lowest BCUT2D eigenvalue weighted by Gasteiger charge is -2.37. The molecule has 9 nitrogen and oxygen atoms in total. The number of nitrogens with zero attached hydrogens (tertiary/aromatic N) is 1. The summed E-state index contributed by atoms with van der Waals surface area (Å²) in [6.45, 7) is 5.32. The van der Waals surface area contributed by atoms with Crippen LogP contribution in [0.5, 0.6) is 0 Å². The average molecular weight is 578 g/mol. The van der Waals surface area contributed by atoms with Crippen molar-refractivity contribution in [1.29, 1.82) is 0 Å². The lowest BCUT2D eigenvalue weighted by atomic mass is 9.89. The minimum Gasteiger partial charge on any atom is -0.598 e. The van der Waals surface area contributed by atoms with E-state index >= 15 is 4.39 Å². The van der Waals surface area contributed by atoms with E-state index in [0.29, 0.717) is 17.3 Å². The first-order chi connectivity index (χ1) is 16.3. The predicted octanol–water partition coefficient (Wildman–Crippen LogP) is 2.46. The lowest BCUT2D eigenvalue weighted by molar-refractivity contribution is -0.151. The number of hydrogen-bond acceptors (Lipinski definition) is 7. The molecule has 0 spiro atoms. The Labute approximate surface area is 212 Å². The van der Waals surface area contributed by atoms with Crippen LogP contribution in [0.1, 0.15) is 45.2 Å². The van der Waals surface area contributed by atoms with Crippen LogP contribution < -0.4 is 10.0 Å². The second-order valence-electron chi connectivity index (χ2n) is 9.23. The third-order valence-corrected chi connectivity index (χ3v) is 7.76. The molecule has 0 saturated carbocycles. The maximum atomic E-state index is 15.8. The summed E-state index contributed by atoms with van der Waals surface area (Å²) < 4.78 is 50.4. The highest BCUT2D eigenvalue weighted by Crippen LogP contribution is 2.31. The number of benzene rings is 1. The number of Topliss-reactive ketones (excluding diaryl/α,β-unsaturated/α-hetero) is 1. The number of nitrogens with one attached hydrogen (secondary N) is 2. The second-order valence-corrected chi connectivity index (χ2v) is 12.1. The number of carbonyl (C=O) groups excluding carboxylic acids is 4. The van der Waals surface area contributed by atoms with E-state index in [1.54, 1.807) is 20.8 Å². The quantitative estimate of drug-likeness (QED) is 0.376. The van der Waals surface area contributed by atoms with Crippen molar-refractivity contribution in [1.82, 2.24) is 14.9 Å². The predicted molar refractivity (Wildman–Crippen MR) is 125 cm³/mol. The van der Waals surface area contributed by atoms with E-state index in [1.807, 2.05) is 5.32 Å². The number of ether oxygens (including phenoxy) is 1. The van der Waals surface area contributed by atoms with Crippen molar-refractivity contribution in [3.63, 3.8) is 0 Å². The normalized spacial score (nSPS) is 22.5. The molecule has 4 atom stereocenters. The molecular formula is C22H26BrF2N3O6S. The maximum Gasteiger partial charge on any atom is 0.331 e. The van der Waals surface area contributed by atoms with E-state index in [0.717, 1.165) is 11.0 Å². The number of urea groups is 1. The van der Waals surface area contributed by atoms with Crippen molar-refractivity contribution in [2.75, 3.05) is 13.2 Å². The number of barbiturate groups is 1. The summed E-state index contributed by atoms with van der Waals surface area (Å²) in [5, 5.41) is 1.94. The molecule has 3 unspecified atom stereocenters. The van der Waals surface area contributed by atoms with E-state index in [1.165, 1.54) is 12.1 Å². The van der Waals surface area contributed by atoms with Crippen LogP contribution in [0.15, 0.2) is 22.7 Å². The molecule has 1 aromatic carbocycles. The van der Waals surface area contributed by atoms with Crippen LogP contribution >= 0.6 is 15.9 Å². The van der Waals surface area contributed by atoms with Gasteiger partial charge in [-0.15, -0.1) is 4.72 Å². The highest BCUT2D eigenvalue weighted by molar-refractivity contribution is 9.10. The monoisotopic (exact) mass is 577 g/mol. The molecule has 13 heteroatoms. The Hall–Kier alpha value is -1.93. The molecule has 3 rings (SSSR count). The molecule has 0 aliphatic carbocycles. The van der Waals surface area contributed by atoms with E-state index in [4.69, 9.17) is 4.74 Å². The average Bonchev–Trinajstić information content (AvgIpc) is 2.77. The van der Waals surface area contributed by atoms with E-state index in [2.05, 4.69) is 20.7 Å². The Morgan fingerprint density at radius 1 is 1.29 bits per heavy atom. The number of imide groups is 2. The van der Waals surface area contributed by atoms with Crippen molar-refractivity contribution in [3.05, 3.63) is 34.1 Å². The molecule has 0 radical (unpaired) electrons. The molecule has 0 bridgehead atoms. The minimum atomic E-state index is -2.64. The molecule has 2 fully saturated rings. The Morgan fingerprint density at radius 3 is 2.49 bits per heavy atom. The number of hydrogen-bond donors (Lipinski definition) is 2.